The van der Waals surface area contributed by atoms with Crippen LogP contribution in [0.15, 0.2) is 78.9 Å². The van der Waals surface area contributed by atoms with Gasteiger partial charge in [0.25, 0.3) is 5.91 Å². The summed E-state index contributed by atoms with van der Waals surface area (Å²) in [6.07, 6.45) is 2.32. The van der Waals surface area contributed by atoms with Crippen molar-refractivity contribution in [2.24, 2.45) is 0 Å². The van der Waals surface area contributed by atoms with E-state index in [9.17, 15) is 14.4 Å². The molecule has 174 valence electrons. The van der Waals surface area contributed by atoms with Crippen LogP contribution in [0.5, 0.6) is 5.75 Å². The van der Waals surface area contributed by atoms with E-state index in [0.717, 1.165) is 11.1 Å². The molecule has 3 aromatic rings. The van der Waals surface area contributed by atoms with E-state index in [1.165, 1.54) is 30.3 Å². The lowest BCUT2D eigenvalue weighted by Crippen LogP contribution is -2.22. The second-order valence-corrected chi connectivity index (χ2v) is 7.46. The van der Waals surface area contributed by atoms with Gasteiger partial charge in [0.15, 0.2) is 0 Å². The lowest BCUT2D eigenvalue weighted by Gasteiger charge is -2.12. The maximum absolute atomic E-state index is 12.7. The van der Waals surface area contributed by atoms with Crippen molar-refractivity contribution < 1.29 is 23.9 Å². The molecule has 0 spiro atoms. The molecule has 0 aliphatic rings. The molecule has 0 radical (unpaired) electrons. The maximum Gasteiger partial charge on any atom is 0.513 e. The van der Waals surface area contributed by atoms with Gasteiger partial charge >= 0.3 is 6.16 Å². The minimum absolute atomic E-state index is 0.206. The van der Waals surface area contributed by atoms with Crippen LogP contribution in [0.4, 0.5) is 10.5 Å². The molecule has 7 nitrogen and oxygen atoms in total. The summed E-state index contributed by atoms with van der Waals surface area (Å²) in [5.74, 6) is -0.345. The monoisotopic (exact) mass is 478 g/mol. The van der Waals surface area contributed by atoms with E-state index in [0.29, 0.717) is 16.3 Å². The highest BCUT2D eigenvalue weighted by Gasteiger charge is 2.11. The van der Waals surface area contributed by atoms with Crippen molar-refractivity contribution >= 4 is 41.3 Å². The third kappa shape index (κ3) is 7.50. The van der Waals surface area contributed by atoms with Crippen molar-refractivity contribution in [3.8, 4) is 5.75 Å². The zero-order valence-electron chi connectivity index (χ0n) is 18.4. The molecule has 0 aliphatic heterocycles. The summed E-state index contributed by atoms with van der Waals surface area (Å²) < 4.78 is 9.71. The first-order chi connectivity index (χ1) is 16.4. The molecule has 0 bridgehead atoms. The molecule has 0 heterocycles. The number of nitrogens with one attached hydrogen (secondary N) is 2. The Morgan fingerprint density at radius 2 is 1.65 bits per heavy atom. The van der Waals surface area contributed by atoms with E-state index >= 15 is 0 Å². The number of hydrogen-bond acceptors (Lipinski definition) is 5. The van der Waals surface area contributed by atoms with E-state index in [1.54, 1.807) is 37.3 Å². The van der Waals surface area contributed by atoms with Gasteiger partial charge in [-0.05, 0) is 66.6 Å². The molecular formula is C26H23ClN2O5. The number of ether oxygens (including phenoxy) is 2. The fourth-order valence-corrected chi connectivity index (χ4v) is 3.02. The predicted molar refractivity (Wildman–Crippen MR) is 131 cm³/mol. The normalized spacial score (nSPS) is 10.5. The van der Waals surface area contributed by atoms with Crippen molar-refractivity contribution in [2.75, 3.05) is 11.9 Å². The number of anilines is 1. The molecule has 3 aromatic carbocycles. The Kier molecular flexibility index (Phi) is 8.82. The van der Waals surface area contributed by atoms with Crippen LogP contribution < -0.4 is 15.4 Å². The Labute approximate surface area is 202 Å². The summed E-state index contributed by atoms with van der Waals surface area (Å²) in [6, 6.07) is 20.4. The van der Waals surface area contributed by atoms with Crippen LogP contribution in [0, 0.1) is 0 Å². The third-order valence-corrected chi connectivity index (χ3v) is 4.85. The summed E-state index contributed by atoms with van der Waals surface area (Å²) in [4.78, 5) is 36.3. The summed E-state index contributed by atoms with van der Waals surface area (Å²) in [6.45, 7) is 2.11. The number of halogens is 1. The standard InChI is InChI=1S/C26H23ClN2O5/c1-2-33-26(32)34-22-14-10-19(11-15-22)25(31)29-23-6-4-3-5-20(23)17-28-24(30)16-9-18-7-12-21(27)13-8-18/h3-16H,2,17H2,1H3,(H,28,30)(H,29,31)/b16-9+. The largest absolute Gasteiger partial charge is 0.513 e. The van der Waals surface area contributed by atoms with E-state index in [-0.39, 0.29) is 30.7 Å². The summed E-state index contributed by atoms with van der Waals surface area (Å²) in [5, 5.41) is 6.27. The van der Waals surface area contributed by atoms with Gasteiger partial charge < -0.3 is 20.1 Å². The number of carbonyl (C=O) groups excluding carboxylic acids is 3. The number of benzene rings is 3. The minimum Gasteiger partial charge on any atom is -0.434 e. The first-order valence-corrected chi connectivity index (χ1v) is 10.9. The quantitative estimate of drug-likeness (QED) is 0.255. The number of amides is 2. The number of para-hydroxylation sites is 1. The number of carbonyl (C=O) groups is 3. The predicted octanol–water partition coefficient (Wildman–Crippen LogP) is 5.46. The van der Waals surface area contributed by atoms with Crippen LogP contribution in [0.3, 0.4) is 0 Å². The van der Waals surface area contributed by atoms with Crippen molar-refractivity contribution in [3.63, 3.8) is 0 Å². The number of hydrogen-bond donors (Lipinski definition) is 2. The minimum atomic E-state index is -0.807. The summed E-state index contributed by atoms with van der Waals surface area (Å²) in [5.41, 5.74) is 2.54. The van der Waals surface area contributed by atoms with Crippen LogP contribution in [-0.4, -0.2) is 24.6 Å². The molecule has 3 rings (SSSR count). The zero-order valence-corrected chi connectivity index (χ0v) is 19.2. The van der Waals surface area contributed by atoms with Gasteiger partial charge in [-0.15, -0.1) is 0 Å². The molecule has 0 saturated heterocycles. The van der Waals surface area contributed by atoms with E-state index in [4.69, 9.17) is 21.1 Å². The van der Waals surface area contributed by atoms with Crippen LogP contribution in [0.2, 0.25) is 5.02 Å². The highest BCUT2D eigenvalue weighted by molar-refractivity contribution is 6.30. The van der Waals surface area contributed by atoms with Gasteiger partial charge in [-0.25, -0.2) is 4.79 Å². The zero-order chi connectivity index (χ0) is 24.3. The van der Waals surface area contributed by atoms with Crippen LogP contribution in [0.1, 0.15) is 28.4 Å². The second kappa shape index (κ2) is 12.2. The van der Waals surface area contributed by atoms with Crippen molar-refractivity contribution in [3.05, 3.63) is 101 Å². The molecule has 0 aromatic heterocycles. The Bertz CT molecular complexity index is 1170. The maximum atomic E-state index is 12.7. The molecular weight excluding hydrogens is 456 g/mol. The smallest absolute Gasteiger partial charge is 0.434 e. The summed E-state index contributed by atoms with van der Waals surface area (Å²) in [7, 11) is 0. The molecule has 0 saturated carbocycles. The Hall–Kier alpha value is -4.10. The average Bonchev–Trinajstić information content (AvgIpc) is 2.83. The van der Waals surface area contributed by atoms with Gasteiger partial charge in [0.2, 0.25) is 5.91 Å². The van der Waals surface area contributed by atoms with Gasteiger partial charge in [0, 0.05) is 28.9 Å². The Balaban J connectivity index is 1.58. The highest BCUT2D eigenvalue weighted by Crippen LogP contribution is 2.18. The number of rotatable bonds is 8. The van der Waals surface area contributed by atoms with Gasteiger partial charge in [-0.1, -0.05) is 41.9 Å². The molecule has 2 N–H and O–H groups in total. The van der Waals surface area contributed by atoms with E-state index in [1.807, 2.05) is 24.3 Å². The Morgan fingerprint density at radius 1 is 0.941 bits per heavy atom. The topological polar surface area (TPSA) is 93.7 Å². The molecule has 34 heavy (non-hydrogen) atoms. The molecule has 0 aliphatic carbocycles. The van der Waals surface area contributed by atoms with Gasteiger partial charge in [0.1, 0.15) is 5.75 Å². The lowest BCUT2D eigenvalue weighted by molar-refractivity contribution is -0.116. The SMILES string of the molecule is CCOC(=O)Oc1ccc(C(=O)Nc2ccccc2CNC(=O)/C=C/c2ccc(Cl)cc2)cc1. The van der Waals surface area contributed by atoms with Crippen LogP contribution >= 0.6 is 11.6 Å². The van der Waals surface area contributed by atoms with Gasteiger partial charge in [-0.3, -0.25) is 9.59 Å². The fraction of sp³-hybridized carbons (Fsp3) is 0.115. The van der Waals surface area contributed by atoms with Gasteiger partial charge in [-0.2, -0.15) is 0 Å². The summed E-state index contributed by atoms with van der Waals surface area (Å²) >= 11 is 5.86. The van der Waals surface area contributed by atoms with E-state index < -0.39 is 6.16 Å². The molecule has 8 heteroatoms. The van der Waals surface area contributed by atoms with E-state index in [2.05, 4.69) is 10.6 Å². The fourth-order valence-electron chi connectivity index (χ4n) is 2.90. The molecule has 0 fully saturated rings. The highest BCUT2D eigenvalue weighted by atomic mass is 35.5. The van der Waals surface area contributed by atoms with Crippen molar-refractivity contribution in [1.82, 2.24) is 5.32 Å². The first-order valence-electron chi connectivity index (χ1n) is 10.5. The third-order valence-electron chi connectivity index (χ3n) is 4.60. The molecule has 2 amide bonds. The molecule has 0 atom stereocenters. The lowest BCUT2D eigenvalue weighted by atomic mass is 10.1. The first kappa shape index (κ1) is 24.5. The van der Waals surface area contributed by atoms with Crippen molar-refractivity contribution in [1.29, 1.82) is 0 Å². The molecule has 0 unspecified atom stereocenters. The Morgan fingerprint density at radius 3 is 2.35 bits per heavy atom. The van der Waals surface area contributed by atoms with Crippen LogP contribution in [-0.2, 0) is 16.1 Å². The van der Waals surface area contributed by atoms with Gasteiger partial charge in [0.05, 0.1) is 6.61 Å². The van der Waals surface area contributed by atoms with Crippen LogP contribution in [0.25, 0.3) is 6.08 Å². The second-order valence-electron chi connectivity index (χ2n) is 7.02. The average molecular weight is 479 g/mol. The van der Waals surface area contributed by atoms with Crippen molar-refractivity contribution in [2.45, 2.75) is 13.5 Å².